The highest BCUT2D eigenvalue weighted by molar-refractivity contribution is 6.06. The number of pyridine rings is 1. The fourth-order valence-corrected chi connectivity index (χ4v) is 1.90. The Morgan fingerprint density at radius 1 is 1.21 bits per heavy atom. The quantitative estimate of drug-likeness (QED) is 0.386. The highest BCUT2D eigenvalue weighted by Crippen LogP contribution is 2.23. The molecule has 0 unspecified atom stereocenters. The lowest BCUT2D eigenvalue weighted by atomic mass is 10.1. The van der Waals surface area contributed by atoms with E-state index in [4.69, 9.17) is 5.26 Å². The van der Waals surface area contributed by atoms with Gasteiger partial charge in [-0.15, -0.1) is 0 Å². The van der Waals surface area contributed by atoms with Crippen molar-refractivity contribution in [2.24, 2.45) is 0 Å². The van der Waals surface area contributed by atoms with Gasteiger partial charge >= 0.3 is 5.97 Å². The highest BCUT2D eigenvalue weighted by atomic mass is 16.5. The molecule has 0 saturated carbocycles. The first-order valence-corrected chi connectivity index (χ1v) is 6.82. The molecule has 1 aromatic carbocycles. The number of nitrogens with one attached hydrogen (secondary N) is 1. The molecule has 0 aliphatic rings. The fourth-order valence-electron chi connectivity index (χ4n) is 1.90. The van der Waals surface area contributed by atoms with Crippen molar-refractivity contribution in [3.63, 3.8) is 0 Å². The monoisotopic (exact) mass is 323 g/mol. The molecule has 0 aliphatic carbocycles. The number of aliphatic hydroxyl groups is 1. The average molecular weight is 323 g/mol. The maximum Gasteiger partial charge on any atom is 0.352 e. The van der Waals surface area contributed by atoms with Crippen LogP contribution in [0.2, 0.25) is 0 Å². The lowest BCUT2D eigenvalue weighted by molar-refractivity contribution is -0.135. The number of amides is 1. The Bertz CT molecular complexity index is 838. The minimum atomic E-state index is -0.987. The average Bonchev–Trinajstić information content (AvgIpc) is 2.63. The van der Waals surface area contributed by atoms with Gasteiger partial charge in [0.05, 0.1) is 12.7 Å². The Morgan fingerprint density at radius 3 is 2.54 bits per heavy atom. The Morgan fingerprint density at radius 2 is 1.92 bits per heavy atom. The van der Waals surface area contributed by atoms with Crippen molar-refractivity contribution >= 4 is 23.5 Å². The molecule has 0 radical (unpaired) electrons. The first kappa shape index (κ1) is 16.7. The van der Waals surface area contributed by atoms with Gasteiger partial charge in [-0.1, -0.05) is 18.2 Å². The van der Waals surface area contributed by atoms with Crippen LogP contribution in [0.1, 0.15) is 15.9 Å². The van der Waals surface area contributed by atoms with E-state index in [1.54, 1.807) is 36.4 Å². The summed E-state index contributed by atoms with van der Waals surface area (Å²) in [5, 5.41) is 21.8. The summed E-state index contributed by atoms with van der Waals surface area (Å²) in [6, 6.07) is 12.9. The smallest absolute Gasteiger partial charge is 0.352 e. The van der Waals surface area contributed by atoms with Crippen molar-refractivity contribution < 1.29 is 19.4 Å². The predicted molar refractivity (Wildman–Crippen MR) is 85.8 cm³/mol. The third kappa shape index (κ3) is 3.56. The maximum absolute atomic E-state index is 12.2. The minimum absolute atomic E-state index is 0.0144. The van der Waals surface area contributed by atoms with Crippen LogP contribution in [0.4, 0.5) is 5.82 Å². The van der Waals surface area contributed by atoms with Gasteiger partial charge in [0.1, 0.15) is 11.9 Å². The Hall–Kier alpha value is -3.66. The number of ether oxygens (including phenoxy) is 1. The zero-order chi connectivity index (χ0) is 17.5. The largest absolute Gasteiger partial charge is 0.506 e. The molecule has 0 fully saturated rings. The molecule has 0 saturated heterocycles. The summed E-state index contributed by atoms with van der Waals surface area (Å²) in [7, 11) is 1.09. The second kappa shape index (κ2) is 7.56. The summed E-state index contributed by atoms with van der Waals surface area (Å²) in [5.41, 5.74) is -0.157. The van der Waals surface area contributed by atoms with Crippen LogP contribution in [0.15, 0.2) is 54.2 Å². The number of hydrogen-bond donors (Lipinski definition) is 2. The van der Waals surface area contributed by atoms with Crippen molar-refractivity contribution in [1.29, 1.82) is 5.26 Å². The van der Waals surface area contributed by atoms with Gasteiger partial charge in [-0.25, -0.2) is 9.78 Å². The number of anilines is 1. The summed E-state index contributed by atoms with van der Waals surface area (Å²) in [6.45, 7) is 0. The number of aromatic nitrogens is 1. The first-order chi connectivity index (χ1) is 11.6. The lowest BCUT2D eigenvalue weighted by Crippen LogP contribution is -2.15. The number of aliphatic hydroxyl groups excluding tert-OH is 1. The first-order valence-electron chi connectivity index (χ1n) is 6.82. The van der Waals surface area contributed by atoms with E-state index in [-0.39, 0.29) is 11.4 Å². The van der Waals surface area contributed by atoms with Crippen molar-refractivity contribution in [2.45, 2.75) is 0 Å². The number of hydrogen-bond acceptors (Lipinski definition) is 6. The number of nitriles is 1. The van der Waals surface area contributed by atoms with Crippen LogP contribution in [0, 0.1) is 11.3 Å². The zero-order valence-corrected chi connectivity index (χ0v) is 12.7. The lowest BCUT2D eigenvalue weighted by Gasteiger charge is -2.10. The molecular formula is C17H13N3O4. The number of benzene rings is 1. The van der Waals surface area contributed by atoms with Crippen molar-refractivity contribution in [3.8, 4) is 6.07 Å². The molecule has 2 aromatic rings. The molecule has 24 heavy (non-hydrogen) atoms. The van der Waals surface area contributed by atoms with E-state index < -0.39 is 23.2 Å². The number of methoxy groups -OCH3 is 1. The Balaban J connectivity index is 2.41. The van der Waals surface area contributed by atoms with Gasteiger partial charge in [-0.05, 0) is 24.3 Å². The van der Waals surface area contributed by atoms with Crippen LogP contribution in [-0.4, -0.2) is 29.1 Å². The summed E-state index contributed by atoms with van der Waals surface area (Å²) >= 11 is 0. The van der Waals surface area contributed by atoms with Gasteiger partial charge in [0, 0.05) is 11.8 Å². The van der Waals surface area contributed by atoms with Crippen LogP contribution in [-0.2, 0) is 9.53 Å². The second-order valence-electron chi connectivity index (χ2n) is 4.55. The number of nitrogens with zero attached hydrogens (tertiary/aromatic N) is 2. The van der Waals surface area contributed by atoms with Gasteiger partial charge in [-0.2, -0.15) is 5.26 Å². The molecule has 0 spiro atoms. The van der Waals surface area contributed by atoms with E-state index >= 15 is 0 Å². The third-order valence-corrected chi connectivity index (χ3v) is 3.07. The van der Waals surface area contributed by atoms with Crippen LogP contribution in [0.5, 0.6) is 0 Å². The minimum Gasteiger partial charge on any atom is -0.506 e. The normalized spacial score (nSPS) is 11.0. The molecule has 1 aromatic heterocycles. The van der Waals surface area contributed by atoms with Crippen LogP contribution < -0.4 is 5.32 Å². The van der Waals surface area contributed by atoms with E-state index in [2.05, 4.69) is 15.0 Å². The molecule has 1 heterocycles. The predicted octanol–water partition coefficient (Wildman–Crippen LogP) is 2.30. The SMILES string of the molecule is COC(=O)/C(C#N)=C(/O)c1cccnc1NC(=O)c1ccccc1. The molecule has 1 amide bonds. The fraction of sp³-hybridized carbons (Fsp3) is 0.0588. The zero-order valence-electron chi connectivity index (χ0n) is 12.7. The summed E-state index contributed by atoms with van der Waals surface area (Å²) < 4.78 is 4.45. The van der Waals surface area contributed by atoms with Gasteiger partial charge in [0.25, 0.3) is 5.91 Å². The molecule has 0 bridgehead atoms. The van der Waals surface area contributed by atoms with Gasteiger partial charge < -0.3 is 15.2 Å². The topological polar surface area (TPSA) is 112 Å². The van der Waals surface area contributed by atoms with Crippen molar-refractivity contribution in [3.05, 3.63) is 65.4 Å². The van der Waals surface area contributed by atoms with Crippen molar-refractivity contribution in [2.75, 3.05) is 12.4 Å². The van der Waals surface area contributed by atoms with E-state index in [0.717, 1.165) is 7.11 Å². The summed E-state index contributed by atoms with van der Waals surface area (Å²) in [6.07, 6.45) is 1.40. The van der Waals surface area contributed by atoms with E-state index in [1.165, 1.54) is 18.3 Å². The maximum atomic E-state index is 12.2. The molecule has 2 N–H and O–H groups in total. The second-order valence-corrected chi connectivity index (χ2v) is 4.55. The molecule has 2 rings (SSSR count). The van der Waals surface area contributed by atoms with Gasteiger partial charge in [0.15, 0.2) is 11.3 Å². The number of carbonyl (C=O) groups is 2. The Labute approximate surface area is 137 Å². The summed E-state index contributed by atoms with van der Waals surface area (Å²) in [4.78, 5) is 27.7. The molecule has 0 aliphatic heterocycles. The number of carbonyl (C=O) groups excluding carboxylic acids is 2. The highest BCUT2D eigenvalue weighted by Gasteiger charge is 2.20. The van der Waals surface area contributed by atoms with E-state index in [1.807, 2.05) is 0 Å². The van der Waals surface area contributed by atoms with Gasteiger partial charge in [-0.3, -0.25) is 4.79 Å². The van der Waals surface area contributed by atoms with Crippen LogP contribution in [0.3, 0.4) is 0 Å². The van der Waals surface area contributed by atoms with Crippen LogP contribution >= 0.6 is 0 Å². The molecule has 0 atom stereocenters. The van der Waals surface area contributed by atoms with Gasteiger partial charge in [0.2, 0.25) is 0 Å². The molecule has 120 valence electrons. The standard InChI is InChI=1S/C17H13N3O4/c1-24-17(23)13(10-18)14(21)12-8-5-9-19-15(12)20-16(22)11-6-3-2-4-7-11/h2-9,21H,1H3,(H,19,20,22)/b14-13+. The number of rotatable bonds is 4. The number of esters is 1. The van der Waals surface area contributed by atoms with Crippen LogP contribution in [0.25, 0.3) is 5.76 Å². The summed E-state index contributed by atoms with van der Waals surface area (Å²) in [5.74, 6) is -2.04. The van der Waals surface area contributed by atoms with E-state index in [9.17, 15) is 14.7 Å². The molecule has 7 heteroatoms. The molecular weight excluding hydrogens is 310 g/mol. The van der Waals surface area contributed by atoms with Crippen molar-refractivity contribution in [1.82, 2.24) is 4.98 Å². The molecule has 7 nitrogen and oxygen atoms in total. The van der Waals surface area contributed by atoms with E-state index in [0.29, 0.717) is 5.56 Å². The third-order valence-electron chi connectivity index (χ3n) is 3.07. The Kier molecular flexibility index (Phi) is 5.26.